The summed E-state index contributed by atoms with van der Waals surface area (Å²) in [7, 11) is -3.48. The Morgan fingerprint density at radius 2 is 1.82 bits per heavy atom. The summed E-state index contributed by atoms with van der Waals surface area (Å²) in [6, 6.07) is 14.4. The van der Waals surface area contributed by atoms with Gasteiger partial charge in [0.05, 0.1) is 18.1 Å². The summed E-state index contributed by atoms with van der Waals surface area (Å²) in [6.45, 7) is 4.78. The largest absolute Gasteiger partial charge is 0.492 e. The molecule has 3 rings (SSSR count). The van der Waals surface area contributed by atoms with E-state index in [1.807, 2.05) is 31.2 Å². The van der Waals surface area contributed by atoms with E-state index in [-0.39, 0.29) is 10.9 Å². The van der Waals surface area contributed by atoms with E-state index in [4.69, 9.17) is 21.1 Å². The highest BCUT2D eigenvalue weighted by Crippen LogP contribution is 2.22. The molecule has 6 nitrogen and oxygen atoms in total. The van der Waals surface area contributed by atoms with Crippen LogP contribution in [-0.4, -0.2) is 52.2 Å². The fourth-order valence-corrected chi connectivity index (χ4v) is 4.73. The molecule has 1 atom stereocenters. The number of benzene rings is 2. The first-order chi connectivity index (χ1) is 13.5. The molecule has 0 amide bonds. The summed E-state index contributed by atoms with van der Waals surface area (Å²) in [5.41, 5.74) is 1.04. The van der Waals surface area contributed by atoms with E-state index in [0.717, 1.165) is 10.6 Å². The number of rotatable bonds is 8. The fraction of sp³-hybridized carbons (Fsp3) is 0.400. The summed E-state index contributed by atoms with van der Waals surface area (Å²) in [4.78, 5) is 0.271. The minimum Gasteiger partial charge on any atom is -0.492 e. The number of morpholine rings is 1. The molecule has 2 aromatic rings. The molecule has 1 N–H and O–H groups in total. The lowest BCUT2D eigenvalue weighted by Crippen LogP contribution is -2.40. The zero-order chi connectivity index (χ0) is 20.0. The Morgan fingerprint density at radius 3 is 2.50 bits per heavy atom. The standard InChI is InChI=1S/C20H25ClN2O4S/c1-16(19-4-2-3-5-20(19)21)22-10-13-27-17-6-8-18(9-7-17)28(24,25)23-11-14-26-15-12-23/h2-9,16,22H,10-15H2,1H3. The summed E-state index contributed by atoms with van der Waals surface area (Å²) in [5.74, 6) is 0.633. The smallest absolute Gasteiger partial charge is 0.243 e. The molecule has 1 aliphatic rings. The van der Waals surface area contributed by atoms with Crippen LogP contribution in [0.5, 0.6) is 5.75 Å². The van der Waals surface area contributed by atoms with E-state index in [0.29, 0.717) is 45.2 Å². The predicted molar refractivity (Wildman–Crippen MR) is 109 cm³/mol. The van der Waals surface area contributed by atoms with Gasteiger partial charge < -0.3 is 14.8 Å². The molecule has 152 valence electrons. The minimum atomic E-state index is -3.48. The quantitative estimate of drug-likeness (QED) is 0.659. The van der Waals surface area contributed by atoms with Crippen LogP contribution in [0.2, 0.25) is 5.02 Å². The van der Waals surface area contributed by atoms with Crippen LogP contribution in [0.4, 0.5) is 0 Å². The molecular weight excluding hydrogens is 400 g/mol. The van der Waals surface area contributed by atoms with Crippen LogP contribution in [0.25, 0.3) is 0 Å². The molecule has 0 aliphatic carbocycles. The minimum absolute atomic E-state index is 0.110. The lowest BCUT2D eigenvalue weighted by atomic mass is 10.1. The zero-order valence-electron chi connectivity index (χ0n) is 15.8. The van der Waals surface area contributed by atoms with E-state index >= 15 is 0 Å². The number of hydrogen-bond donors (Lipinski definition) is 1. The van der Waals surface area contributed by atoms with Crippen molar-refractivity contribution < 1.29 is 17.9 Å². The molecule has 8 heteroatoms. The number of nitrogens with one attached hydrogen (secondary N) is 1. The van der Waals surface area contributed by atoms with Crippen LogP contribution in [0.15, 0.2) is 53.4 Å². The molecule has 1 heterocycles. The SMILES string of the molecule is CC(NCCOc1ccc(S(=O)(=O)N2CCOCC2)cc1)c1ccccc1Cl. The fourth-order valence-electron chi connectivity index (χ4n) is 3.02. The third-order valence-corrected chi connectivity index (χ3v) is 6.88. The van der Waals surface area contributed by atoms with Gasteiger partial charge in [0, 0.05) is 30.7 Å². The summed E-state index contributed by atoms with van der Waals surface area (Å²) in [6.07, 6.45) is 0. The number of sulfonamides is 1. The van der Waals surface area contributed by atoms with Crippen molar-refractivity contribution in [3.05, 3.63) is 59.1 Å². The molecule has 1 aliphatic heterocycles. The molecular formula is C20H25ClN2O4S. The van der Waals surface area contributed by atoms with Gasteiger partial charge in [0.1, 0.15) is 12.4 Å². The van der Waals surface area contributed by atoms with Gasteiger partial charge >= 0.3 is 0 Å². The summed E-state index contributed by atoms with van der Waals surface area (Å²) < 4.78 is 37.6. The molecule has 0 saturated carbocycles. The van der Waals surface area contributed by atoms with Crippen LogP contribution in [0, 0.1) is 0 Å². The average molecular weight is 425 g/mol. The molecule has 28 heavy (non-hydrogen) atoms. The molecule has 2 aromatic carbocycles. The highest BCUT2D eigenvalue weighted by Gasteiger charge is 2.26. The van der Waals surface area contributed by atoms with E-state index in [9.17, 15) is 8.42 Å². The molecule has 1 fully saturated rings. The van der Waals surface area contributed by atoms with Gasteiger partial charge in [0.25, 0.3) is 0 Å². The van der Waals surface area contributed by atoms with Gasteiger partial charge in [0.2, 0.25) is 10.0 Å². The van der Waals surface area contributed by atoms with Gasteiger partial charge in [-0.25, -0.2) is 8.42 Å². The van der Waals surface area contributed by atoms with Crippen molar-refractivity contribution in [2.45, 2.75) is 17.9 Å². The predicted octanol–water partition coefficient (Wildman–Crippen LogP) is 3.09. The summed E-state index contributed by atoms with van der Waals surface area (Å²) >= 11 is 6.20. The Balaban J connectivity index is 1.49. The van der Waals surface area contributed by atoms with E-state index in [2.05, 4.69) is 5.32 Å². The van der Waals surface area contributed by atoms with Crippen molar-refractivity contribution in [1.82, 2.24) is 9.62 Å². The summed E-state index contributed by atoms with van der Waals surface area (Å²) in [5, 5.41) is 4.10. The van der Waals surface area contributed by atoms with Crippen molar-refractivity contribution in [1.29, 1.82) is 0 Å². The van der Waals surface area contributed by atoms with Crippen molar-refractivity contribution in [2.75, 3.05) is 39.5 Å². The van der Waals surface area contributed by atoms with Gasteiger partial charge in [-0.3, -0.25) is 0 Å². The van der Waals surface area contributed by atoms with Gasteiger partial charge in [-0.2, -0.15) is 4.31 Å². The second kappa shape index (κ2) is 9.71. The zero-order valence-corrected chi connectivity index (χ0v) is 17.4. The van der Waals surface area contributed by atoms with Crippen LogP contribution < -0.4 is 10.1 Å². The van der Waals surface area contributed by atoms with Crippen LogP contribution >= 0.6 is 11.6 Å². The maximum Gasteiger partial charge on any atom is 0.243 e. The van der Waals surface area contributed by atoms with Crippen LogP contribution in [0.1, 0.15) is 18.5 Å². The Kier molecular flexibility index (Phi) is 7.31. The van der Waals surface area contributed by atoms with Crippen LogP contribution in [-0.2, 0) is 14.8 Å². The highest BCUT2D eigenvalue weighted by molar-refractivity contribution is 7.89. The van der Waals surface area contributed by atoms with E-state index in [1.165, 1.54) is 4.31 Å². The Labute approximate surface area is 171 Å². The first kappa shape index (κ1) is 21.1. The number of ether oxygens (including phenoxy) is 2. The third-order valence-electron chi connectivity index (χ3n) is 4.62. The van der Waals surface area contributed by atoms with E-state index in [1.54, 1.807) is 24.3 Å². The number of hydrogen-bond acceptors (Lipinski definition) is 5. The Morgan fingerprint density at radius 1 is 1.14 bits per heavy atom. The van der Waals surface area contributed by atoms with E-state index < -0.39 is 10.0 Å². The van der Waals surface area contributed by atoms with Crippen molar-refractivity contribution in [3.63, 3.8) is 0 Å². The number of halogens is 1. The van der Waals surface area contributed by atoms with Crippen molar-refractivity contribution in [3.8, 4) is 5.75 Å². The van der Waals surface area contributed by atoms with Gasteiger partial charge in [-0.05, 0) is 42.8 Å². The third kappa shape index (κ3) is 5.24. The second-order valence-corrected chi connectivity index (χ2v) is 8.88. The maximum absolute atomic E-state index is 12.6. The van der Waals surface area contributed by atoms with Crippen LogP contribution in [0.3, 0.4) is 0 Å². The Hall–Kier alpha value is -1.64. The van der Waals surface area contributed by atoms with Gasteiger partial charge in [-0.1, -0.05) is 29.8 Å². The maximum atomic E-state index is 12.6. The lowest BCUT2D eigenvalue weighted by Gasteiger charge is -2.26. The van der Waals surface area contributed by atoms with Crippen molar-refractivity contribution >= 4 is 21.6 Å². The van der Waals surface area contributed by atoms with Gasteiger partial charge in [0.15, 0.2) is 0 Å². The molecule has 0 aromatic heterocycles. The molecule has 0 radical (unpaired) electrons. The molecule has 0 bridgehead atoms. The normalized spacial score (nSPS) is 16.6. The molecule has 1 unspecified atom stereocenters. The first-order valence-corrected chi connectivity index (χ1v) is 11.1. The molecule has 1 saturated heterocycles. The topological polar surface area (TPSA) is 67.9 Å². The van der Waals surface area contributed by atoms with Gasteiger partial charge in [-0.15, -0.1) is 0 Å². The molecule has 0 spiro atoms. The first-order valence-electron chi connectivity index (χ1n) is 9.27. The average Bonchev–Trinajstić information content (AvgIpc) is 2.72. The van der Waals surface area contributed by atoms with Crippen molar-refractivity contribution in [2.24, 2.45) is 0 Å². The second-order valence-electron chi connectivity index (χ2n) is 6.53. The lowest BCUT2D eigenvalue weighted by molar-refractivity contribution is 0.0730. The monoisotopic (exact) mass is 424 g/mol. The Bertz CT molecular complexity index is 868. The highest BCUT2D eigenvalue weighted by atomic mass is 35.5. The number of nitrogens with zero attached hydrogens (tertiary/aromatic N) is 1.